The van der Waals surface area contributed by atoms with Gasteiger partial charge in [0.2, 0.25) is 0 Å². The Morgan fingerprint density at radius 1 is 1.05 bits per heavy atom. The molecule has 0 bridgehead atoms. The van der Waals surface area contributed by atoms with Gasteiger partial charge in [-0.15, -0.1) is 0 Å². The van der Waals surface area contributed by atoms with Crippen LogP contribution in [-0.2, 0) is 4.74 Å². The lowest BCUT2D eigenvalue weighted by Crippen LogP contribution is -2.14. The normalized spacial score (nSPS) is 20.8. The van der Waals surface area contributed by atoms with Crippen LogP contribution in [0.1, 0.15) is 30.1 Å². The first-order valence-corrected chi connectivity index (χ1v) is 8.65. The average Bonchev–Trinajstić information content (AvgIpc) is 2.99. The van der Waals surface area contributed by atoms with Crippen LogP contribution in [0.4, 0.5) is 0 Å². The lowest BCUT2D eigenvalue weighted by molar-refractivity contribution is 0.0506. The lowest BCUT2D eigenvalue weighted by Gasteiger charge is -2.10. The molecule has 1 unspecified atom stereocenters. The van der Waals surface area contributed by atoms with Crippen LogP contribution >= 0.6 is 11.8 Å². The Bertz CT molecular complexity index is 622. The molecule has 1 saturated heterocycles. The van der Waals surface area contributed by atoms with Crippen LogP contribution in [0.5, 0.6) is 0 Å². The van der Waals surface area contributed by atoms with Gasteiger partial charge in [0.05, 0.1) is 5.56 Å². The Kier molecular flexibility index (Phi) is 4.84. The molecule has 0 saturated carbocycles. The van der Waals surface area contributed by atoms with Gasteiger partial charge >= 0.3 is 5.97 Å². The van der Waals surface area contributed by atoms with Gasteiger partial charge in [-0.3, -0.25) is 0 Å². The van der Waals surface area contributed by atoms with Crippen molar-refractivity contribution in [3.63, 3.8) is 0 Å². The molecule has 1 fully saturated rings. The SMILES string of the molecule is CC1CC[C@H](COC(=O)c2ccc(-c3ccccc3)cc2)S1. The van der Waals surface area contributed by atoms with E-state index in [1.54, 1.807) is 0 Å². The van der Waals surface area contributed by atoms with Crippen molar-refractivity contribution in [3.05, 3.63) is 60.2 Å². The van der Waals surface area contributed by atoms with Gasteiger partial charge in [-0.2, -0.15) is 11.8 Å². The number of ether oxygens (including phenoxy) is 1. The number of esters is 1. The van der Waals surface area contributed by atoms with Gasteiger partial charge in [0.25, 0.3) is 0 Å². The number of hydrogen-bond donors (Lipinski definition) is 0. The largest absolute Gasteiger partial charge is 0.461 e. The highest BCUT2D eigenvalue weighted by Crippen LogP contribution is 2.33. The van der Waals surface area contributed by atoms with E-state index in [0.717, 1.165) is 17.5 Å². The smallest absolute Gasteiger partial charge is 0.338 e. The molecule has 0 radical (unpaired) electrons. The first kappa shape index (κ1) is 15.2. The van der Waals surface area contributed by atoms with Gasteiger partial charge in [-0.1, -0.05) is 49.4 Å². The fourth-order valence-electron chi connectivity index (χ4n) is 2.69. The van der Waals surface area contributed by atoms with E-state index in [2.05, 4.69) is 19.1 Å². The maximum atomic E-state index is 12.1. The van der Waals surface area contributed by atoms with E-state index in [1.807, 2.05) is 54.2 Å². The van der Waals surface area contributed by atoms with Crippen LogP contribution in [-0.4, -0.2) is 23.1 Å². The van der Waals surface area contributed by atoms with E-state index in [1.165, 1.54) is 6.42 Å². The summed E-state index contributed by atoms with van der Waals surface area (Å²) in [6, 6.07) is 17.8. The van der Waals surface area contributed by atoms with Crippen molar-refractivity contribution in [1.82, 2.24) is 0 Å². The summed E-state index contributed by atoms with van der Waals surface area (Å²) in [5, 5.41) is 1.15. The van der Waals surface area contributed by atoms with Crippen LogP contribution in [0.2, 0.25) is 0 Å². The Hall–Kier alpha value is -1.74. The molecule has 3 heteroatoms. The molecule has 3 rings (SSSR count). The standard InChI is InChI=1S/C19H20O2S/c1-14-7-12-18(22-14)13-21-19(20)17-10-8-16(9-11-17)15-5-3-2-4-6-15/h2-6,8-11,14,18H,7,12-13H2,1H3/t14?,18-/m1/s1. The van der Waals surface area contributed by atoms with Crippen molar-refractivity contribution in [1.29, 1.82) is 0 Å². The summed E-state index contributed by atoms with van der Waals surface area (Å²) in [5.74, 6) is -0.222. The molecule has 0 N–H and O–H groups in total. The van der Waals surface area contributed by atoms with Gasteiger partial charge in [-0.25, -0.2) is 4.79 Å². The predicted molar refractivity (Wildman–Crippen MR) is 92.2 cm³/mol. The number of hydrogen-bond acceptors (Lipinski definition) is 3. The van der Waals surface area contributed by atoms with E-state index in [4.69, 9.17) is 4.74 Å². The summed E-state index contributed by atoms with van der Waals surface area (Å²) >= 11 is 1.93. The molecule has 2 aromatic carbocycles. The second kappa shape index (κ2) is 7.01. The first-order chi connectivity index (χ1) is 10.7. The molecule has 2 aromatic rings. The first-order valence-electron chi connectivity index (χ1n) is 7.70. The highest BCUT2D eigenvalue weighted by Gasteiger charge is 2.23. The minimum absolute atomic E-state index is 0.222. The number of rotatable bonds is 4. The Labute approximate surface area is 135 Å². The maximum Gasteiger partial charge on any atom is 0.338 e. The summed E-state index contributed by atoms with van der Waals surface area (Å²) in [6.45, 7) is 2.75. The summed E-state index contributed by atoms with van der Waals surface area (Å²) in [4.78, 5) is 12.1. The zero-order chi connectivity index (χ0) is 15.4. The van der Waals surface area contributed by atoms with E-state index in [0.29, 0.717) is 22.7 Å². The van der Waals surface area contributed by atoms with E-state index in [-0.39, 0.29) is 5.97 Å². The molecule has 2 atom stereocenters. The molecule has 1 heterocycles. The van der Waals surface area contributed by atoms with Gasteiger partial charge < -0.3 is 4.74 Å². The van der Waals surface area contributed by atoms with Crippen molar-refractivity contribution >= 4 is 17.7 Å². The Morgan fingerprint density at radius 2 is 1.73 bits per heavy atom. The number of thioether (sulfide) groups is 1. The predicted octanol–water partition coefficient (Wildman–Crippen LogP) is 4.79. The maximum absolute atomic E-state index is 12.1. The molecule has 1 aliphatic rings. The number of benzene rings is 2. The van der Waals surface area contributed by atoms with Crippen LogP contribution in [0, 0.1) is 0 Å². The highest BCUT2D eigenvalue weighted by atomic mass is 32.2. The zero-order valence-corrected chi connectivity index (χ0v) is 13.5. The Balaban J connectivity index is 1.59. The van der Waals surface area contributed by atoms with Gasteiger partial charge in [0.1, 0.15) is 6.61 Å². The third-order valence-corrected chi connectivity index (χ3v) is 5.40. The molecule has 2 nitrogen and oxygen atoms in total. The number of carbonyl (C=O) groups excluding carboxylic acids is 1. The van der Waals surface area contributed by atoms with Crippen LogP contribution in [0.25, 0.3) is 11.1 Å². The van der Waals surface area contributed by atoms with Gasteiger partial charge in [0, 0.05) is 10.5 Å². The molecule has 114 valence electrons. The highest BCUT2D eigenvalue weighted by molar-refractivity contribution is 8.00. The molecule has 1 aliphatic heterocycles. The lowest BCUT2D eigenvalue weighted by atomic mass is 10.0. The molecule has 0 aromatic heterocycles. The average molecular weight is 312 g/mol. The summed E-state index contributed by atoms with van der Waals surface area (Å²) in [7, 11) is 0. The monoisotopic (exact) mass is 312 g/mol. The van der Waals surface area contributed by atoms with E-state index in [9.17, 15) is 4.79 Å². The quantitative estimate of drug-likeness (QED) is 0.759. The summed E-state index contributed by atoms with van der Waals surface area (Å²) in [6.07, 6.45) is 2.37. The van der Waals surface area contributed by atoms with Gasteiger partial charge in [0.15, 0.2) is 0 Å². The summed E-state index contributed by atoms with van der Waals surface area (Å²) < 4.78 is 5.45. The molecular formula is C19H20O2S. The molecule has 0 spiro atoms. The molecule has 0 aliphatic carbocycles. The molecule has 0 amide bonds. The van der Waals surface area contributed by atoms with Crippen molar-refractivity contribution in [2.24, 2.45) is 0 Å². The second-order valence-corrected chi connectivity index (χ2v) is 7.43. The zero-order valence-electron chi connectivity index (χ0n) is 12.7. The van der Waals surface area contributed by atoms with E-state index < -0.39 is 0 Å². The summed E-state index contributed by atoms with van der Waals surface area (Å²) in [5.41, 5.74) is 2.88. The third-order valence-electron chi connectivity index (χ3n) is 3.95. The van der Waals surface area contributed by atoms with Crippen molar-refractivity contribution in [2.75, 3.05) is 6.61 Å². The number of carbonyl (C=O) groups is 1. The fourth-order valence-corrected chi connectivity index (χ4v) is 4.04. The van der Waals surface area contributed by atoms with Crippen LogP contribution < -0.4 is 0 Å². The fraction of sp³-hybridized carbons (Fsp3) is 0.316. The van der Waals surface area contributed by atoms with Crippen molar-refractivity contribution in [3.8, 4) is 11.1 Å². The second-order valence-electron chi connectivity index (χ2n) is 5.69. The minimum atomic E-state index is -0.222. The van der Waals surface area contributed by atoms with Crippen molar-refractivity contribution in [2.45, 2.75) is 30.3 Å². The van der Waals surface area contributed by atoms with Crippen molar-refractivity contribution < 1.29 is 9.53 Å². The Morgan fingerprint density at radius 3 is 2.36 bits per heavy atom. The minimum Gasteiger partial charge on any atom is -0.461 e. The van der Waals surface area contributed by atoms with Gasteiger partial charge in [-0.05, 0) is 36.1 Å². The molecule has 22 heavy (non-hydrogen) atoms. The topological polar surface area (TPSA) is 26.3 Å². The van der Waals surface area contributed by atoms with Crippen LogP contribution in [0.15, 0.2) is 54.6 Å². The molecular weight excluding hydrogens is 292 g/mol. The van der Waals surface area contributed by atoms with Crippen LogP contribution in [0.3, 0.4) is 0 Å². The van der Waals surface area contributed by atoms with E-state index >= 15 is 0 Å². The third kappa shape index (κ3) is 3.72.